The number of hydrogen-bond acceptors (Lipinski definition) is 3. The Balaban J connectivity index is 2.55. The highest BCUT2D eigenvalue weighted by Crippen LogP contribution is 2.04. The van der Waals surface area contributed by atoms with Crippen LogP contribution in [-0.4, -0.2) is 49.1 Å². The molecule has 2 N–H and O–H groups in total. The minimum absolute atomic E-state index is 0.176. The van der Waals surface area contributed by atoms with Crippen LogP contribution < -0.4 is 5.32 Å². The number of likely N-dealkylation sites (N-methyl/N-ethyl adjacent to an activating group) is 1. The monoisotopic (exact) mass is 236 g/mol. The number of nitrogens with one attached hydrogen (secondary N) is 1. The molecule has 0 aliphatic carbocycles. The molecule has 0 spiro atoms. The third kappa shape index (κ3) is 4.24. The van der Waals surface area contributed by atoms with Gasteiger partial charge in [0.1, 0.15) is 0 Å². The minimum atomic E-state index is -0.996. The van der Waals surface area contributed by atoms with Crippen molar-refractivity contribution in [1.29, 1.82) is 0 Å². The Labute approximate surface area is 100 Å². The fourth-order valence-corrected chi connectivity index (χ4v) is 1.26. The van der Waals surface area contributed by atoms with Crippen molar-refractivity contribution < 1.29 is 14.7 Å². The molecule has 1 rings (SSSR count). The Hall–Kier alpha value is -1.88. The summed E-state index contributed by atoms with van der Waals surface area (Å²) in [6.45, 7) is 1.32. The quantitative estimate of drug-likeness (QED) is 0.788. The number of benzene rings is 1. The highest BCUT2D eigenvalue weighted by molar-refractivity contribution is 5.95. The van der Waals surface area contributed by atoms with E-state index in [9.17, 15) is 9.59 Å². The molecule has 0 fully saturated rings. The number of nitrogens with zero attached hydrogens (tertiary/aromatic N) is 1. The lowest BCUT2D eigenvalue weighted by Gasteiger charge is -2.10. The van der Waals surface area contributed by atoms with E-state index in [1.807, 2.05) is 19.0 Å². The molecular formula is C12H16N2O3. The standard InChI is InChI=1S/C12H16N2O3/c1-14(2)8-7-13-11(15)9-3-5-10(6-4-9)12(16)17/h3-6H,7-8H2,1-2H3,(H,13,15)(H,16,17). The molecule has 1 aromatic rings. The maximum Gasteiger partial charge on any atom is 0.335 e. The number of aromatic carboxylic acids is 1. The van der Waals surface area contributed by atoms with E-state index in [0.717, 1.165) is 6.54 Å². The van der Waals surface area contributed by atoms with Crippen LogP contribution in [0.5, 0.6) is 0 Å². The van der Waals surface area contributed by atoms with E-state index in [2.05, 4.69) is 5.32 Å². The molecule has 5 heteroatoms. The second kappa shape index (κ2) is 6.00. The molecule has 92 valence electrons. The summed E-state index contributed by atoms with van der Waals surface area (Å²) < 4.78 is 0. The number of carboxylic acids is 1. The molecule has 5 nitrogen and oxygen atoms in total. The summed E-state index contributed by atoms with van der Waals surface area (Å²) >= 11 is 0. The molecule has 1 aromatic carbocycles. The average molecular weight is 236 g/mol. The lowest BCUT2D eigenvalue weighted by atomic mass is 10.1. The zero-order chi connectivity index (χ0) is 12.8. The van der Waals surface area contributed by atoms with Crippen molar-refractivity contribution in [1.82, 2.24) is 10.2 Å². The fourth-order valence-electron chi connectivity index (χ4n) is 1.26. The van der Waals surface area contributed by atoms with Crippen LogP contribution >= 0.6 is 0 Å². The summed E-state index contributed by atoms with van der Waals surface area (Å²) in [5.41, 5.74) is 0.642. The van der Waals surface area contributed by atoms with Crippen LogP contribution in [0, 0.1) is 0 Å². The van der Waals surface area contributed by atoms with Crippen LogP contribution in [0.2, 0.25) is 0 Å². The molecule has 0 heterocycles. The van der Waals surface area contributed by atoms with Gasteiger partial charge < -0.3 is 15.3 Å². The second-order valence-corrected chi connectivity index (χ2v) is 3.94. The van der Waals surface area contributed by atoms with Gasteiger partial charge in [-0.25, -0.2) is 4.79 Å². The first-order valence-corrected chi connectivity index (χ1v) is 5.27. The molecule has 0 unspecified atom stereocenters. The first-order valence-electron chi connectivity index (χ1n) is 5.27. The van der Waals surface area contributed by atoms with Gasteiger partial charge in [0.15, 0.2) is 0 Å². The highest BCUT2D eigenvalue weighted by atomic mass is 16.4. The van der Waals surface area contributed by atoms with Gasteiger partial charge in [0, 0.05) is 18.7 Å². The number of amides is 1. The van der Waals surface area contributed by atoms with Crippen LogP contribution in [0.1, 0.15) is 20.7 Å². The number of rotatable bonds is 5. The SMILES string of the molecule is CN(C)CCNC(=O)c1ccc(C(=O)O)cc1. The van der Waals surface area contributed by atoms with Crippen molar-refractivity contribution in [3.05, 3.63) is 35.4 Å². The van der Waals surface area contributed by atoms with Crippen LogP contribution in [0.3, 0.4) is 0 Å². The predicted octanol–water partition coefficient (Wildman–Crippen LogP) is 0.676. The summed E-state index contributed by atoms with van der Waals surface area (Å²) in [4.78, 5) is 24.2. The molecule has 17 heavy (non-hydrogen) atoms. The van der Waals surface area contributed by atoms with Gasteiger partial charge >= 0.3 is 5.97 Å². The van der Waals surface area contributed by atoms with Gasteiger partial charge in [-0.15, -0.1) is 0 Å². The molecule has 1 amide bonds. The number of carbonyl (C=O) groups excluding carboxylic acids is 1. The number of carbonyl (C=O) groups is 2. The first-order chi connectivity index (χ1) is 8.00. The van der Waals surface area contributed by atoms with Gasteiger partial charge in [-0.1, -0.05) is 0 Å². The van der Waals surface area contributed by atoms with Crippen molar-refractivity contribution in [2.24, 2.45) is 0 Å². The lowest BCUT2D eigenvalue weighted by Crippen LogP contribution is -2.31. The van der Waals surface area contributed by atoms with E-state index in [0.29, 0.717) is 12.1 Å². The Kier molecular flexibility index (Phi) is 4.66. The zero-order valence-electron chi connectivity index (χ0n) is 9.93. The van der Waals surface area contributed by atoms with E-state index in [1.165, 1.54) is 24.3 Å². The van der Waals surface area contributed by atoms with E-state index < -0.39 is 5.97 Å². The van der Waals surface area contributed by atoms with Gasteiger partial charge in [-0.3, -0.25) is 4.79 Å². The van der Waals surface area contributed by atoms with Crippen molar-refractivity contribution in [3.63, 3.8) is 0 Å². The Morgan fingerprint density at radius 2 is 1.71 bits per heavy atom. The summed E-state index contributed by atoms with van der Waals surface area (Å²) in [5, 5.41) is 11.5. The van der Waals surface area contributed by atoms with E-state index in [4.69, 9.17) is 5.11 Å². The third-order valence-corrected chi connectivity index (χ3v) is 2.24. The molecule has 0 aliphatic heterocycles. The normalized spacial score (nSPS) is 10.3. The summed E-state index contributed by atoms with van der Waals surface area (Å²) in [5.74, 6) is -1.19. The van der Waals surface area contributed by atoms with Gasteiger partial charge in [0.2, 0.25) is 0 Å². The molecule has 0 radical (unpaired) electrons. The van der Waals surface area contributed by atoms with Gasteiger partial charge in [0.25, 0.3) is 5.91 Å². The third-order valence-electron chi connectivity index (χ3n) is 2.24. The highest BCUT2D eigenvalue weighted by Gasteiger charge is 2.07. The maximum absolute atomic E-state index is 11.6. The number of carboxylic acid groups (broad SMARTS) is 1. The minimum Gasteiger partial charge on any atom is -0.478 e. The van der Waals surface area contributed by atoms with Crippen molar-refractivity contribution in [3.8, 4) is 0 Å². The second-order valence-electron chi connectivity index (χ2n) is 3.94. The Morgan fingerprint density at radius 1 is 1.18 bits per heavy atom. The lowest BCUT2D eigenvalue weighted by molar-refractivity contribution is 0.0696. The first kappa shape index (κ1) is 13.2. The molecule has 0 atom stereocenters. The summed E-state index contributed by atoms with van der Waals surface area (Å²) in [7, 11) is 3.85. The van der Waals surface area contributed by atoms with Crippen molar-refractivity contribution in [2.45, 2.75) is 0 Å². The Bertz CT molecular complexity index is 399. The predicted molar refractivity (Wildman–Crippen MR) is 64.3 cm³/mol. The van der Waals surface area contributed by atoms with Crippen LogP contribution in [0.25, 0.3) is 0 Å². The van der Waals surface area contributed by atoms with E-state index in [-0.39, 0.29) is 11.5 Å². The van der Waals surface area contributed by atoms with Crippen molar-refractivity contribution in [2.75, 3.05) is 27.2 Å². The van der Waals surface area contributed by atoms with E-state index >= 15 is 0 Å². The zero-order valence-corrected chi connectivity index (χ0v) is 9.93. The summed E-state index contributed by atoms with van der Waals surface area (Å²) in [6.07, 6.45) is 0. The van der Waals surface area contributed by atoms with Crippen LogP contribution in [0.4, 0.5) is 0 Å². The molecular weight excluding hydrogens is 220 g/mol. The number of hydrogen-bond donors (Lipinski definition) is 2. The maximum atomic E-state index is 11.6. The summed E-state index contributed by atoms with van der Waals surface area (Å²) in [6, 6.07) is 5.86. The van der Waals surface area contributed by atoms with E-state index in [1.54, 1.807) is 0 Å². The van der Waals surface area contributed by atoms with Crippen molar-refractivity contribution >= 4 is 11.9 Å². The van der Waals surface area contributed by atoms with Gasteiger partial charge in [-0.05, 0) is 38.4 Å². The molecule has 0 bridgehead atoms. The Morgan fingerprint density at radius 3 is 2.18 bits per heavy atom. The smallest absolute Gasteiger partial charge is 0.335 e. The fraction of sp³-hybridized carbons (Fsp3) is 0.333. The molecule has 0 saturated heterocycles. The van der Waals surface area contributed by atoms with Crippen LogP contribution in [-0.2, 0) is 0 Å². The van der Waals surface area contributed by atoms with Crippen LogP contribution in [0.15, 0.2) is 24.3 Å². The molecule has 0 aliphatic rings. The van der Waals surface area contributed by atoms with Gasteiger partial charge in [0.05, 0.1) is 5.56 Å². The average Bonchev–Trinajstić information content (AvgIpc) is 2.28. The molecule has 0 aromatic heterocycles. The van der Waals surface area contributed by atoms with Gasteiger partial charge in [-0.2, -0.15) is 0 Å². The largest absolute Gasteiger partial charge is 0.478 e. The topological polar surface area (TPSA) is 69.6 Å². The molecule has 0 saturated carbocycles.